The van der Waals surface area contributed by atoms with Crippen LogP contribution < -0.4 is 16.0 Å². The highest BCUT2D eigenvalue weighted by Crippen LogP contribution is 2.25. The summed E-state index contributed by atoms with van der Waals surface area (Å²) in [6.45, 7) is 2.74. The van der Waals surface area contributed by atoms with Crippen LogP contribution in [0.3, 0.4) is 0 Å². The van der Waals surface area contributed by atoms with Gasteiger partial charge in [-0.05, 0) is 42.5 Å². The van der Waals surface area contributed by atoms with Gasteiger partial charge < -0.3 is 26.0 Å². The van der Waals surface area contributed by atoms with Gasteiger partial charge in [0.25, 0.3) is 0 Å². The van der Waals surface area contributed by atoms with E-state index in [0.717, 1.165) is 17.6 Å². The Labute approximate surface area is 214 Å². The van der Waals surface area contributed by atoms with Gasteiger partial charge in [-0.1, -0.05) is 41.9 Å². The number of benzene rings is 2. The molecular weight excluding hydrogens is 515 g/mol. The van der Waals surface area contributed by atoms with E-state index < -0.39 is 18.2 Å². The lowest BCUT2D eigenvalue weighted by Gasteiger charge is -2.17. The fourth-order valence-electron chi connectivity index (χ4n) is 3.80. The van der Waals surface area contributed by atoms with Gasteiger partial charge in [-0.15, -0.1) is 0 Å². The highest BCUT2D eigenvalue weighted by Gasteiger charge is 2.38. The standard InChI is InChI=1S/C22H24ClN5O2.C2HF3O2/c1-13(21(29)25-10-14-7-17(23)20-18(8-14)26-12-27-20)28-22(30)19-9-16(11-24-19)15-5-3-2-4-6-15;3-2(4,5)1(6)7/h2-8,12-13,16,19,24H,9-11H2,1H3,(H,25,29)(H,26,27)(H,28,30);(H,6,7)/t13-,16-,19+;/m0./s1. The number of hydrogen-bond acceptors (Lipinski definition) is 5. The van der Waals surface area contributed by atoms with Crippen molar-refractivity contribution in [2.45, 2.75) is 44.1 Å². The molecule has 37 heavy (non-hydrogen) atoms. The molecule has 5 N–H and O–H groups in total. The molecule has 2 heterocycles. The summed E-state index contributed by atoms with van der Waals surface area (Å²) in [5.74, 6) is -2.86. The van der Waals surface area contributed by atoms with Gasteiger partial charge >= 0.3 is 12.1 Å². The van der Waals surface area contributed by atoms with Crippen molar-refractivity contribution in [1.82, 2.24) is 25.9 Å². The molecule has 0 saturated carbocycles. The number of carbonyl (C=O) groups is 3. The third kappa shape index (κ3) is 7.67. The van der Waals surface area contributed by atoms with Crippen LogP contribution in [-0.2, 0) is 20.9 Å². The SMILES string of the molecule is C[C@H](NC(=O)[C@H]1C[C@H](c2ccccc2)CN1)C(=O)NCc1cc(Cl)c2nc[nH]c2c1.O=C(O)C(F)(F)F. The van der Waals surface area contributed by atoms with Crippen molar-refractivity contribution < 1.29 is 32.7 Å². The molecule has 2 amide bonds. The first kappa shape index (κ1) is 27.9. The van der Waals surface area contributed by atoms with Gasteiger partial charge in [0.05, 0.1) is 22.9 Å². The predicted octanol–water partition coefficient (Wildman–Crippen LogP) is 3.12. The molecular formula is C24H25ClF3N5O4. The summed E-state index contributed by atoms with van der Waals surface area (Å²) in [6.07, 6.45) is -2.79. The largest absolute Gasteiger partial charge is 0.490 e. The number of halogens is 4. The van der Waals surface area contributed by atoms with E-state index >= 15 is 0 Å². The summed E-state index contributed by atoms with van der Waals surface area (Å²) in [4.78, 5) is 41.1. The Kier molecular flexibility index (Phi) is 9.11. The summed E-state index contributed by atoms with van der Waals surface area (Å²) in [5, 5.41) is 16.6. The van der Waals surface area contributed by atoms with E-state index in [1.54, 1.807) is 19.3 Å². The van der Waals surface area contributed by atoms with Crippen LogP contribution in [0.2, 0.25) is 5.02 Å². The van der Waals surface area contributed by atoms with E-state index in [0.29, 0.717) is 29.4 Å². The molecule has 9 nitrogen and oxygen atoms in total. The zero-order chi connectivity index (χ0) is 27.2. The molecule has 198 valence electrons. The smallest absolute Gasteiger partial charge is 0.475 e. The number of fused-ring (bicyclic) bond motifs is 1. The lowest BCUT2D eigenvalue weighted by Crippen LogP contribution is -2.49. The van der Waals surface area contributed by atoms with Crippen molar-refractivity contribution >= 4 is 40.4 Å². The molecule has 2 aromatic carbocycles. The number of nitrogens with zero attached hydrogens (tertiary/aromatic N) is 1. The third-order valence-corrected chi connectivity index (χ3v) is 6.00. The third-order valence-electron chi connectivity index (χ3n) is 5.72. The lowest BCUT2D eigenvalue weighted by atomic mass is 9.96. The van der Waals surface area contributed by atoms with Crippen LogP contribution in [0.1, 0.15) is 30.4 Å². The summed E-state index contributed by atoms with van der Waals surface area (Å²) in [6, 6.07) is 12.9. The van der Waals surface area contributed by atoms with Crippen LogP contribution in [0.15, 0.2) is 48.8 Å². The topological polar surface area (TPSA) is 136 Å². The fraction of sp³-hybridized carbons (Fsp3) is 0.333. The highest BCUT2D eigenvalue weighted by molar-refractivity contribution is 6.35. The normalized spacial score (nSPS) is 18.0. The van der Waals surface area contributed by atoms with Gasteiger partial charge in [0.15, 0.2) is 0 Å². The van der Waals surface area contributed by atoms with Gasteiger partial charge in [0.2, 0.25) is 11.8 Å². The first-order valence-corrected chi connectivity index (χ1v) is 11.6. The van der Waals surface area contributed by atoms with E-state index in [9.17, 15) is 22.8 Å². The van der Waals surface area contributed by atoms with Crippen molar-refractivity contribution in [3.63, 3.8) is 0 Å². The van der Waals surface area contributed by atoms with Gasteiger partial charge in [-0.2, -0.15) is 13.2 Å². The number of carboxylic acids is 1. The van der Waals surface area contributed by atoms with Crippen LogP contribution in [-0.4, -0.2) is 57.7 Å². The van der Waals surface area contributed by atoms with Crippen LogP contribution in [0, 0.1) is 0 Å². The zero-order valence-electron chi connectivity index (χ0n) is 19.6. The average molecular weight is 540 g/mol. The van der Waals surface area contributed by atoms with Gasteiger partial charge in [-0.3, -0.25) is 9.59 Å². The number of aliphatic carboxylic acids is 1. The van der Waals surface area contributed by atoms with E-state index in [1.165, 1.54) is 5.56 Å². The summed E-state index contributed by atoms with van der Waals surface area (Å²) >= 11 is 6.22. The number of carboxylic acid groups (broad SMARTS) is 1. The van der Waals surface area contributed by atoms with Gasteiger partial charge in [0.1, 0.15) is 11.6 Å². The molecule has 3 atom stereocenters. The molecule has 1 aliphatic heterocycles. The van der Waals surface area contributed by atoms with E-state index in [2.05, 4.69) is 38.1 Å². The number of aromatic amines is 1. The fourth-order valence-corrected chi connectivity index (χ4v) is 4.09. The van der Waals surface area contributed by atoms with Crippen molar-refractivity contribution in [3.05, 3.63) is 64.9 Å². The molecule has 0 spiro atoms. The van der Waals surface area contributed by atoms with Gasteiger partial charge in [-0.25, -0.2) is 9.78 Å². The predicted molar refractivity (Wildman–Crippen MR) is 130 cm³/mol. The second-order valence-electron chi connectivity index (χ2n) is 8.43. The minimum atomic E-state index is -5.08. The molecule has 4 rings (SSSR count). The Hall–Kier alpha value is -3.64. The first-order valence-electron chi connectivity index (χ1n) is 11.2. The number of carbonyl (C=O) groups excluding carboxylic acids is 2. The molecule has 1 fully saturated rings. The van der Waals surface area contributed by atoms with E-state index in [1.807, 2.05) is 24.3 Å². The maximum atomic E-state index is 12.6. The molecule has 1 aromatic heterocycles. The minimum Gasteiger partial charge on any atom is -0.475 e. The maximum Gasteiger partial charge on any atom is 0.490 e. The number of hydrogen-bond donors (Lipinski definition) is 5. The number of imidazole rings is 1. The number of amides is 2. The highest BCUT2D eigenvalue weighted by atomic mass is 35.5. The van der Waals surface area contributed by atoms with Crippen LogP contribution in [0.25, 0.3) is 11.0 Å². The number of rotatable bonds is 6. The second-order valence-corrected chi connectivity index (χ2v) is 8.84. The van der Waals surface area contributed by atoms with Crippen LogP contribution in [0.5, 0.6) is 0 Å². The first-order chi connectivity index (χ1) is 17.5. The Morgan fingerprint density at radius 3 is 2.54 bits per heavy atom. The summed E-state index contributed by atoms with van der Waals surface area (Å²) < 4.78 is 31.7. The zero-order valence-corrected chi connectivity index (χ0v) is 20.4. The molecule has 0 unspecified atom stereocenters. The summed E-state index contributed by atoms with van der Waals surface area (Å²) in [7, 11) is 0. The quantitative estimate of drug-likeness (QED) is 0.326. The van der Waals surface area contributed by atoms with Gasteiger partial charge in [0, 0.05) is 13.1 Å². The Morgan fingerprint density at radius 1 is 1.22 bits per heavy atom. The number of alkyl halides is 3. The van der Waals surface area contributed by atoms with E-state index in [-0.39, 0.29) is 17.9 Å². The molecule has 0 radical (unpaired) electrons. The monoisotopic (exact) mass is 539 g/mol. The molecule has 0 bridgehead atoms. The Balaban J connectivity index is 0.000000479. The Morgan fingerprint density at radius 2 is 1.89 bits per heavy atom. The molecule has 13 heteroatoms. The average Bonchev–Trinajstić information content (AvgIpc) is 3.53. The van der Waals surface area contributed by atoms with Crippen molar-refractivity contribution in [2.75, 3.05) is 6.54 Å². The number of aromatic nitrogens is 2. The minimum absolute atomic E-state index is 0.155. The number of H-pyrrole nitrogens is 1. The number of nitrogens with one attached hydrogen (secondary N) is 4. The molecule has 1 aliphatic rings. The van der Waals surface area contributed by atoms with Crippen LogP contribution >= 0.6 is 11.6 Å². The second kappa shape index (κ2) is 12.1. The molecule has 1 saturated heterocycles. The summed E-state index contributed by atoms with van der Waals surface area (Å²) in [5.41, 5.74) is 3.59. The Bertz CT molecular complexity index is 1250. The maximum absolute atomic E-state index is 12.6. The van der Waals surface area contributed by atoms with Crippen molar-refractivity contribution in [1.29, 1.82) is 0 Å². The molecule has 0 aliphatic carbocycles. The molecule has 3 aromatic rings. The van der Waals surface area contributed by atoms with E-state index in [4.69, 9.17) is 21.5 Å². The van der Waals surface area contributed by atoms with Crippen molar-refractivity contribution in [3.8, 4) is 0 Å². The van der Waals surface area contributed by atoms with Crippen molar-refractivity contribution in [2.24, 2.45) is 0 Å². The lowest BCUT2D eigenvalue weighted by molar-refractivity contribution is -0.192. The van der Waals surface area contributed by atoms with Crippen LogP contribution in [0.4, 0.5) is 13.2 Å².